The molecule has 1 aromatic heterocycles. The van der Waals surface area contributed by atoms with Crippen LogP contribution in [0.4, 0.5) is 0 Å². The maximum Gasteiger partial charge on any atom is 0.159 e. The zero-order valence-corrected chi connectivity index (χ0v) is 15.8. The van der Waals surface area contributed by atoms with Crippen LogP contribution < -0.4 is 0 Å². The maximum absolute atomic E-state index is 6.16. The zero-order valence-electron chi connectivity index (χ0n) is 15.1. The van der Waals surface area contributed by atoms with Gasteiger partial charge in [-0.1, -0.05) is 61.3 Å². The summed E-state index contributed by atoms with van der Waals surface area (Å²) in [6, 6.07) is 18.9. The molecular weight excluding hydrogens is 340 g/mol. The van der Waals surface area contributed by atoms with E-state index in [4.69, 9.17) is 21.6 Å². The first-order valence-corrected chi connectivity index (χ1v) is 9.80. The highest BCUT2D eigenvalue weighted by molar-refractivity contribution is 6.30. The number of aryl methyl sites for hydroxylation is 1. The lowest BCUT2D eigenvalue weighted by molar-refractivity contribution is 0.918. The summed E-state index contributed by atoms with van der Waals surface area (Å²) in [5, 5.41) is 0.719. The molecule has 0 unspecified atom stereocenters. The monoisotopic (exact) mass is 362 g/mol. The quantitative estimate of drug-likeness (QED) is 0.520. The first-order chi connectivity index (χ1) is 12.7. The SMILES string of the molecule is CCCc1ccc(Cc2cc(C3CC3)nc(-c3cccc(Cl)c3)n2)cc1. The van der Waals surface area contributed by atoms with Gasteiger partial charge in [0.15, 0.2) is 5.82 Å². The van der Waals surface area contributed by atoms with Crippen molar-refractivity contribution in [2.75, 3.05) is 0 Å². The zero-order chi connectivity index (χ0) is 17.9. The number of halogens is 1. The van der Waals surface area contributed by atoms with Crippen LogP contribution in [0, 0.1) is 0 Å². The van der Waals surface area contributed by atoms with E-state index < -0.39 is 0 Å². The summed E-state index contributed by atoms with van der Waals surface area (Å²) >= 11 is 6.16. The molecule has 0 bridgehead atoms. The van der Waals surface area contributed by atoms with Gasteiger partial charge in [-0.15, -0.1) is 0 Å². The van der Waals surface area contributed by atoms with Crippen LogP contribution >= 0.6 is 11.6 Å². The Bertz CT molecular complexity index is 898. The largest absolute Gasteiger partial charge is 0.233 e. The third-order valence-corrected chi connectivity index (χ3v) is 5.06. The normalized spacial score (nSPS) is 13.8. The Balaban J connectivity index is 1.64. The van der Waals surface area contributed by atoms with Gasteiger partial charge < -0.3 is 0 Å². The van der Waals surface area contributed by atoms with Gasteiger partial charge in [-0.3, -0.25) is 0 Å². The molecule has 1 fully saturated rings. The molecule has 1 aliphatic rings. The Morgan fingerprint density at radius 2 is 1.73 bits per heavy atom. The predicted octanol–water partition coefficient (Wildman–Crippen LogP) is 6.22. The van der Waals surface area contributed by atoms with Crippen molar-refractivity contribution in [3.8, 4) is 11.4 Å². The molecule has 0 N–H and O–H groups in total. The standard InChI is InChI=1S/C23H23ClN2/c1-2-4-16-7-9-17(10-8-16)13-21-15-22(18-11-12-18)26-23(25-21)19-5-3-6-20(24)14-19/h3,5-10,14-15,18H,2,4,11-13H2,1H3. The first kappa shape index (κ1) is 17.2. The molecule has 26 heavy (non-hydrogen) atoms. The summed E-state index contributed by atoms with van der Waals surface area (Å²) in [5.74, 6) is 1.39. The Hall–Kier alpha value is -2.19. The Kier molecular flexibility index (Phi) is 5.03. The smallest absolute Gasteiger partial charge is 0.159 e. The van der Waals surface area contributed by atoms with E-state index in [2.05, 4.69) is 37.3 Å². The second-order valence-corrected chi connectivity index (χ2v) is 7.57. The van der Waals surface area contributed by atoms with Crippen LogP contribution in [-0.2, 0) is 12.8 Å². The first-order valence-electron chi connectivity index (χ1n) is 9.43. The van der Waals surface area contributed by atoms with E-state index in [-0.39, 0.29) is 0 Å². The maximum atomic E-state index is 6.16. The minimum Gasteiger partial charge on any atom is -0.233 e. The summed E-state index contributed by atoms with van der Waals surface area (Å²) in [6.45, 7) is 2.21. The van der Waals surface area contributed by atoms with Crippen LogP contribution in [0.15, 0.2) is 54.6 Å². The molecule has 132 valence electrons. The van der Waals surface area contributed by atoms with Gasteiger partial charge in [0.05, 0.1) is 0 Å². The molecule has 0 radical (unpaired) electrons. The fraction of sp³-hybridized carbons (Fsp3) is 0.304. The fourth-order valence-electron chi connectivity index (χ4n) is 3.28. The van der Waals surface area contributed by atoms with Gasteiger partial charge >= 0.3 is 0 Å². The number of hydrogen-bond acceptors (Lipinski definition) is 2. The molecule has 4 rings (SSSR count). The molecule has 2 aromatic carbocycles. The van der Waals surface area contributed by atoms with Crippen LogP contribution in [0.5, 0.6) is 0 Å². The van der Waals surface area contributed by atoms with E-state index in [9.17, 15) is 0 Å². The average Bonchev–Trinajstić information content (AvgIpc) is 3.49. The van der Waals surface area contributed by atoms with Crippen molar-refractivity contribution in [2.45, 2.75) is 44.9 Å². The summed E-state index contributed by atoms with van der Waals surface area (Å²) in [6.07, 6.45) is 5.62. The van der Waals surface area contributed by atoms with Gasteiger partial charge in [-0.25, -0.2) is 9.97 Å². The molecule has 0 aliphatic heterocycles. The average molecular weight is 363 g/mol. The Morgan fingerprint density at radius 1 is 0.962 bits per heavy atom. The molecule has 3 heteroatoms. The van der Waals surface area contributed by atoms with Crippen molar-refractivity contribution in [1.29, 1.82) is 0 Å². The highest BCUT2D eigenvalue weighted by Gasteiger charge is 2.26. The molecule has 0 saturated heterocycles. The van der Waals surface area contributed by atoms with E-state index in [1.54, 1.807) is 0 Å². The van der Waals surface area contributed by atoms with Crippen molar-refractivity contribution in [2.24, 2.45) is 0 Å². The van der Waals surface area contributed by atoms with Gasteiger partial charge in [0.2, 0.25) is 0 Å². The lowest BCUT2D eigenvalue weighted by Gasteiger charge is -2.09. The van der Waals surface area contributed by atoms with E-state index in [1.807, 2.05) is 24.3 Å². The minimum absolute atomic E-state index is 0.599. The van der Waals surface area contributed by atoms with Gasteiger partial charge in [0, 0.05) is 34.3 Å². The van der Waals surface area contributed by atoms with Gasteiger partial charge in [-0.05, 0) is 48.6 Å². The third kappa shape index (κ3) is 4.13. The number of nitrogens with zero attached hydrogens (tertiary/aromatic N) is 2. The number of hydrogen-bond donors (Lipinski definition) is 0. The number of benzene rings is 2. The summed E-state index contributed by atoms with van der Waals surface area (Å²) in [4.78, 5) is 9.66. The van der Waals surface area contributed by atoms with Crippen LogP contribution in [0.2, 0.25) is 5.02 Å². The van der Waals surface area contributed by atoms with E-state index in [1.165, 1.54) is 36.1 Å². The third-order valence-electron chi connectivity index (χ3n) is 4.82. The molecule has 0 spiro atoms. The van der Waals surface area contributed by atoms with Crippen LogP contribution in [0.25, 0.3) is 11.4 Å². The highest BCUT2D eigenvalue weighted by Crippen LogP contribution is 2.39. The molecule has 3 aromatic rings. The second kappa shape index (κ2) is 7.59. The predicted molar refractivity (Wildman–Crippen MR) is 108 cm³/mol. The molecule has 0 amide bonds. The van der Waals surface area contributed by atoms with Crippen LogP contribution in [0.1, 0.15) is 54.6 Å². The molecule has 1 saturated carbocycles. The molecular formula is C23H23ClN2. The minimum atomic E-state index is 0.599. The Labute approximate surface area is 160 Å². The van der Waals surface area contributed by atoms with Crippen molar-refractivity contribution in [1.82, 2.24) is 9.97 Å². The van der Waals surface area contributed by atoms with Gasteiger partial charge in [0.25, 0.3) is 0 Å². The van der Waals surface area contributed by atoms with Gasteiger partial charge in [-0.2, -0.15) is 0 Å². The van der Waals surface area contributed by atoms with Crippen LogP contribution in [-0.4, -0.2) is 9.97 Å². The van der Waals surface area contributed by atoms with E-state index >= 15 is 0 Å². The second-order valence-electron chi connectivity index (χ2n) is 7.14. The molecule has 2 nitrogen and oxygen atoms in total. The molecule has 1 heterocycles. The Morgan fingerprint density at radius 3 is 2.42 bits per heavy atom. The number of aromatic nitrogens is 2. The molecule has 0 atom stereocenters. The van der Waals surface area contributed by atoms with E-state index in [0.29, 0.717) is 5.92 Å². The topological polar surface area (TPSA) is 25.8 Å². The van der Waals surface area contributed by atoms with E-state index in [0.717, 1.165) is 34.9 Å². The van der Waals surface area contributed by atoms with Crippen molar-refractivity contribution in [3.63, 3.8) is 0 Å². The fourth-order valence-corrected chi connectivity index (χ4v) is 3.47. The van der Waals surface area contributed by atoms with Gasteiger partial charge in [0.1, 0.15) is 0 Å². The van der Waals surface area contributed by atoms with Crippen LogP contribution in [0.3, 0.4) is 0 Å². The lowest BCUT2D eigenvalue weighted by Crippen LogP contribution is -2.01. The summed E-state index contributed by atoms with van der Waals surface area (Å²) < 4.78 is 0. The van der Waals surface area contributed by atoms with Crippen molar-refractivity contribution >= 4 is 11.6 Å². The summed E-state index contributed by atoms with van der Waals surface area (Å²) in [5.41, 5.74) is 5.94. The summed E-state index contributed by atoms with van der Waals surface area (Å²) in [7, 11) is 0. The number of rotatable bonds is 6. The lowest BCUT2D eigenvalue weighted by atomic mass is 10.0. The van der Waals surface area contributed by atoms with Crippen molar-refractivity contribution < 1.29 is 0 Å². The van der Waals surface area contributed by atoms with Crippen molar-refractivity contribution in [3.05, 3.63) is 82.1 Å². The highest BCUT2D eigenvalue weighted by atomic mass is 35.5. The molecule has 1 aliphatic carbocycles.